The maximum atomic E-state index is 11.0. The quantitative estimate of drug-likeness (QED) is 0.645. The van der Waals surface area contributed by atoms with E-state index in [0.717, 1.165) is 11.1 Å². The highest BCUT2D eigenvalue weighted by Gasteiger charge is 2.15. The van der Waals surface area contributed by atoms with Crippen LogP contribution in [0.25, 0.3) is 0 Å². The number of hydrogen-bond acceptors (Lipinski definition) is 4. The summed E-state index contributed by atoms with van der Waals surface area (Å²) in [6.45, 7) is 3.77. The molecule has 0 aliphatic heterocycles. The SMILES string of the molecule is Cc1ccc(Oc2ccc([N+](=O)[O-])c(CNC(=O)O)c2)cc1C. The molecule has 120 valence electrons. The van der Waals surface area contributed by atoms with Gasteiger partial charge in [-0.1, -0.05) is 6.07 Å². The van der Waals surface area contributed by atoms with Gasteiger partial charge in [0.15, 0.2) is 0 Å². The minimum Gasteiger partial charge on any atom is -0.465 e. The molecule has 1 amide bonds. The second-order valence-electron chi connectivity index (χ2n) is 5.05. The van der Waals surface area contributed by atoms with Crippen molar-refractivity contribution in [2.24, 2.45) is 0 Å². The number of ether oxygens (including phenoxy) is 1. The highest BCUT2D eigenvalue weighted by Crippen LogP contribution is 2.28. The molecule has 2 aromatic carbocycles. The topological polar surface area (TPSA) is 102 Å². The fourth-order valence-electron chi connectivity index (χ4n) is 2.03. The number of nitro benzene ring substituents is 1. The van der Waals surface area contributed by atoms with Gasteiger partial charge in [0.1, 0.15) is 11.5 Å². The van der Waals surface area contributed by atoms with Crippen LogP contribution in [0.4, 0.5) is 10.5 Å². The molecule has 0 radical (unpaired) electrons. The van der Waals surface area contributed by atoms with Gasteiger partial charge in [0, 0.05) is 6.07 Å². The third-order valence-corrected chi connectivity index (χ3v) is 3.39. The Balaban J connectivity index is 2.28. The molecule has 7 heteroatoms. The van der Waals surface area contributed by atoms with Gasteiger partial charge in [-0.3, -0.25) is 10.1 Å². The average Bonchev–Trinajstić information content (AvgIpc) is 2.49. The molecule has 0 saturated heterocycles. The summed E-state index contributed by atoms with van der Waals surface area (Å²) in [7, 11) is 0. The first-order valence-corrected chi connectivity index (χ1v) is 6.86. The average molecular weight is 316 g/mol. The van der Waals surface area contributed by atoms with Crippen LogP contribution in [-0.2, 0) is 6.54 Å². The monoisotopic (exact) mass is 316 g/mol. The molecule has 2 rings (SSSR count). The van der Waals surface area contributed by atoms with Gasteiger partial charge in [-0.25, -0.2) is 4.79 Å². The van der Waals surface area contributed by atoms with E-state index in [9.17, 15) is 14.9 Å². The number of benzene rings is 2. The Labute approximate surface area is 132 Å². The third-order valence-electron chi connectivity index (χ3n) is 3.39. The van der Waals surface area contributed by atoms with Crippen LogP contribution in [0.2, 0.25) is 0 Å². The Kier molecular flexibility index (Phi) is 4.80. The lowest BCUT2D eigenvalue weighted by Crippen LogP contribution is -2.20. The number of hydrogen-bond donors (Lipinski definition) is 2. The van der Waals surface area contributed by atoms with Crippen molar-refractivity contribution >= 4 is 11.8 Å². The van der Waals surface area contributed by atoms with E-state index < -0.39 is 11.0 Å². The van der Waals surface area contributed by atoms with Crippen LogP contribution < -0.4 is 10.1 Å². The molecule has 2 N–H and O–H groups in total. The van der Waals surface area contributed by atoms with Crippen LogP contribution in [0, 0.1) is 24.0 Å². The molecule has 0 bridgehead atoms. The van der Waals surface area contributed by atoms with Crippen molar-refractivity contribution in [1.29, 1.82) is 0 Å². The summed E-state index contributed by atoms with van der Waals surface area (Å²) < 4.78 is 5.70. The van der Waals surface area contributed by atoms with Crippen LogP contribution in [0.15, 0.2) is 36.4 Å². The lowest BCUT2D eigenvalue weighted by atomic mass is 10.1. The normalized spacial score (nSPS) is 10.2. The van der Waals surface area contributed by atoms with Gasteiger partial charge in [-0.2, -0.15) is 0 Å². The molecule has 2 aromatic rings. The molecule has 0 aromatic heterocycles. The zero-order valence-electron chi connectivity index (χ0n) is 12.7. The summed E-state index contributed by atoms with van der Waals surface area (Å²) in [4.78, 5) is 21.0. The molecular weight excluding hydrogens is 300 g/mol. The summed E-state index contributed by atoms with van der Waals surface area (Å²) in [6.07, 6.45) is -1.25. The van der Waals surface area contributed by atoms with E-state index in [0.29, 0.717) is 11.5 Å². The van der Waals surface area contributed by atoms with Crippen molar-refractivity contribution in [2.75, 3.05) is 0 Å². The van der Waals surface area contributed by atoms with Crippen molar-refractivity contribution in [2.45, 2.75) is 20.4 Å². The molecule has 0 atom stereocenters. The Bertz CT molecular complexity index is 758. The fourth-order valence-corrected chi connectivity index (χ4v) is 2.03. The largest absolute Gasteiger partial charge is 0.465 e. The lowest BCUT2D eigenvalue weighted by Gasteiger charge is -2.10. The number of amides is 1. The number of carbonyl (C=O) groups is 1. The smallest absolute Gasteiger partial charge is 0.404 e. The van der Waals surface area contributed by atoms with E-state index in [2.05, 4.69) is 5.32 Å². The summed E-state index contributed by atoms with van der Waals surface area (Å²) in [6, 6.07) is 9.84. The zero-order valence-corrected chi connectivity index (χ0v) is 12.7. The zero-order chi connectivity index (χ0) is 17.0. The second-order valence-corrected chi connectivity index (χ2v) is 5.05. The minimum atomic E-state index is -1.25. The second kappa shape index (κ2) is 6.78. The number of nitro groups is 1. The van der Waals surface area contributed by atoms with Gasteiger partial charge in [0.2, 0.25) is 0 Å². The van der Waals surface area contributed by atoms with Crippen LogP contribution in [0.3, 0.4) is 0 Å². The molecule has 0 aliphatic rings. The lowest BCUT2D eigenvalue weighted by molar-refractivity contribution is -0.385. The van der Waals surface area contributed by atoms with E-state index >= 15 is 0 Å². The first-order valence-electron chi connectivity index (χ1n) is 6.86. The van der Waals surface area contributed by atoms with E-state index in [4.69, 9.17) is 9.84 Å². The molecule has 0 unspecified atom stereocenters. The van der Waals surface area contributed by atoms with Crippen LogP contribution in [-0.4, -0.2) is 16.1 Å². The van der Waals surface area contributed by atoms with E-state index in [1.165, 1.54) is 18.2 Å². The van der Waals surface area contributed by atoms with E-state index in [-0.39, 0.29) is 17.8 Å². The molecule has 7 nitrogen and oxygen atoms in total. The predicted molar refractivity (Wildman–Crippen MR) is 84.0 cm³/mol. The molecule has 0 spiro atoms. The molecule has 0 heterocycles. The van der Waals surface area contributed by atoms with Crippen molar-refractivity contribution in [3.05, 3.63) is 63.2 Å². The minimum absolute atomic E-state index is 0.161. The highest BCUT2D eigenvalue weighted by molar-refractivity contribution is 5.64. The summed E-state index contributed by atoms with van der Waals surface area (Å²) in [5, 5.41) is 21.8. The van der Waals surface area contributed by atoms with Crippen LogP contribution in [0.5, 0.6) is 11.5 Å². The Morgan fingerprint density at radius 2 is 1.83 bits per heavy atom. The fraction of sp³-hybridized carbons (Fsp3) is 0.188. The number of aryl methyl sites for hydroxylation is 2. The number of nitrogens with one attached hydrogen (secondary N) is 1. The molecule has 23 heavy (non-hydrogen) atoms. The van der Waals surface area contributed by atoms with Crippen molar-refractivity contribution in [1.82, 2.24) is 5.32 Å². The van der Waals surface area contributed by atoms with Gasteiger partial charge in [0.05, 0.1) is 17.0 Å². The van der Waals surface area contributed by atoms with Gasteiger partial charge in [-0.15, -0.1) is 0 Å². The van der Waals surface area contributed by atoms with Crippen LogP contribution >= 0.6 is 0 Å². The Morgan fingerprint density at radius 3 is 2.43 bits per heavy atom. The molecule has 0 saturated carbocycles. The van der Waals surface area contributed by atoms with Crippen LogP contribution in [0.1, 0.15) is 16.7 Å². The summed E-state index contributed by atoms with van der Waals surface area (Å²) in [5.74, 6) is 1.01. The molecular formula is C16H16N2O5. The Morgan fingerprint density at radius 1 is 1.17 bits per heavy atom. The van der Waals surface area contributed by atoms with Crippen molar-refractivity contribution in [3.63, 3.8) is 0 Å². The number of rotatable bonds is 5. The third kappa shape index (κ3) is 4.19. The van der Waals surface area contributed by atoms with Gasteiger partial charge >= 0.3 is 6.09 Å². The highest BCUT2D eigenvalue weighted by atomic mass is 16.6. The van der Waals surface area contributed by atoms with E-state index in [1.807, 2.05) is 26.0 Å². The molecule has 0 aliphatic carbocycles. The number of nitrogens with zero attached hydrogens (tertiary/aromatic N) is 1. The van der Waals surface area contributed by atoms with E-state index in [1.54, 1.807) is 6.07 Å². The van der Waals surface area contributed by atoms with Crippen molar-refractivity contribution in [3.8, 4) is 11.5 Å². The predicted octanol–water partition coefficient (Wildman–Crippen LogP) is 3.77. The van der Waals surface area contributed by atoms with Gasteiger partial charge in [-0.05, 0) is 49.2 Å². The Hall–Kier alpha value is -3.09. The van der Waals surface area contributed by atoms with Gasteiger partial charge in [0.25, 0.3) is 5.69 Å². The maximum Gasteiger partial charge on any atom is 0.404 e. The first-order chi connectivity index (χ1) is 10.9. The number of carboxylic acid groups (broad SMARTS) is 1. The summed E-state index contributed by atoms with van der Waals surface area (Å²) >= 11 is 0. The summed E-state index contributed by atoms with van der Waals surface area (Å²) in [5.41, 5.74) is 2.27. The molecule has 0 fully saturated rings. The first kappa shape index (κ1) is 16.3. The van der Waals surface area contributed by atoms with Gasteiger partial charge < -0.3 is 15.2 Å². The van der Waals surface area contributed by atoms with Crippen molar-refractivity contribution < 1.29 is 19.6 Å². The maximum absolute atomic E-state index is 11.0. The standard InChI is InChI=1S/C16H16N2O5/c1-10-3-4-13(7-11(10)2)23-14-5-6-15(18(21)22)12(8-14)9-17-16(19)20/h3-8,17H,9H2,1-2H3,(H,19,20).